The van der Waals surface area contributed by atoms with Crippen molar-refractivity contribution in [2.24, 2.45) is 7.05 Å². The minimum atomic E-state index is -0.113. The summed E-state index contributed by atoms with van der Waals surface area (Å²) in [5.41, 5.74) is 4.48. The fourth-order valence-electron chi connectivity index (χ4n) is 3.25. The number of carbonyl (C=O) groups excluding carboxylic acids is 1. The summed E-state index contributed by atoms with van der Waals surface area (Å²) in [5, 5.41) is 9.78. The molecule has 2 amide bonds. The van der Waals surface area contributed by atoms with Crippen LogP contribution in [0.5, 0.6) is 0 Å². The molecule has 2 aromatic heterocycles. The molecule has 1 aliphatic heterocycles. The van der Waals surface area contributed by atoms with Gasteiger partial charge in [-0.15, -0.1) is 11.3 Å². The summed E-state index contributed by atoms with van der Waals surface area (Å²) in [6.45, 7) is 3.14. The second-order valence-corrected chi connectivity index (χ2v) is 7.16. The molecule has 1 aliphatic rings. The number of rotatable bonds is 2. The Balaban J connectivity index is 1.62. The van der Waals surface area contributed by atoms with E-state index in [-0.39, 0.29) is 11.9 Å². The number of fused-ring (bicyclic) bond motifs is 1. The number of nitrogens with one attached hydrogen (secondary N) is 1. The van der Waals surface area contributed by atoms with Crippen LogP contribution in [0.4, 0.5) is 9.93 Å². The zero-order chi connectivity index (χ0) is 17.4. The molecule has 1 atom stereocenters. The first-order valence-electron chi connectivity index (χ1n) is 8.14. The van der Waals surface area contributed by atoms with E-state index in [9.17, 15) is 4.79 Å². The van der Waals surface area contributed by atoms with Crippen molar-refractivity contribution in [2.75, 3.05) is 11.9 Å². The highest BCUT2D eigenvalue weighted by molar-refractivity contribution is 7.13. The fourth-order valence-corrected chi connectivity index (χ4v) is 3.93. The lowest BCUT2D eigenvalue weighted by atomic mass is 9.86. The lowest BCUT2D eigenvalue weighted by molar-refractivity contribution is 0.203. The number of anilines is 1. The van der Waals surface area contributed by atoms with Crippen LogP contribution in [0.15, 0.2) is 42.0 Å². The SMILES string of the molecule is Cc1csc(NC(=O)N2Cc3ccccc3C(c3cnn(C)c3)C2)n1. The molecule has 0 bridgehead atoms. The second-order valence-electron chi connectivity index (χ2n) is 6.30. The van der Waals surface area contributed by atoms with Gasteiger partial charge in [-0.3, -0.25) is 10.00 Å². The van der Waals surface area contributed by atoms with Crippen molar-refractivity contribution in [3.8, 4) is 0 Å². The first-order chi connectivity index (χ1) is 12.1. The maximum atomic E-state index is 12.7. The van der Waals surface area contributed by atoms with Crippen molar-refractivity contribution in [1.82, 2.24) is 19.7 Å². The maximum Gasteiger partial charge on any atom is 0.323 e. The lowest BCUT2D eigenvalue weighted by Crippen LogP contribution is -2.41. The second kappa shape index (κ2) is 6.33. The Morgan fingerprint density at radius 2 is 2.20 bits per heavy atom. The summed E-state index contributed by atoms with van der Waals surface area (Å²) < 4.78 is 1.80. The topological polar surface area (TPSA) is 63.1 Å². The number of thiazole rings is 1. The summed E-state index contributed by atoms with van der Waals surface area (Å²) in [7, 11) is 1.91. The van der Waals surface area contributed by atoms with Crippen LogP contribution in [-0.4, -0.2) is 32.2 Å². The van der Waals surface area contributed by atoms with E-state index >= 15 is 0 Å². The quantitative estimate of drug-likeness (QED) is 0.768. The van der Waals surface area contributed by atoms with Crippen molar-refractivity contribution in [3.63, 3.8) is 0 Å². The van der Waals surface area contributed by atoms with Crippen molar-refractivity contribution < 1.29 is 4.79 Å². The number of aryl methyl sites for hydroxylation is 2. The van der Waals surface area contributed by atoms with Gasteiger partial charge in [0.15, 0.2) is 5.13 Å². The van der Waals surface area contributed by atoms with Crippen LogP contribution in [0.2, 0.25) is 0 Å². The molecule has 7 heteroatoms. The third-order valence-electron chi connectivity index (χ3n) is 4.44. The minimum Gasteiger partial charge on any atom is -0.319 e. The van der Waals surface area contributed by atoms with E-state index in [0.29, 0.717) is 18.2 Å². The summed E-state index contributed by atoms with van der Waals surface area (Å²) in [4.78, 5) is 18.9. The first-order valence-corrected chi connectivity index (χ1v) is 9.02. The summed E-state index contributed by atoms with van der Waals surface area (Å²) in [6.07, 6.45) is 3.90. The molecular weight excluding hydrogens is 334 g/mol. The molecule has 1 unspecified atom stereocenters. The number of benzene rings is 1. The first kappa shape index (κ1) is 15.8. The van der Waals surface area contributed by atoms with Crippen molar-refractivity contribution >= 4 is 22.5 Å². The van der Waals surface area contributed by atoms with Gasteiger partial charge >= 0.3 is 6.03 Å². The van der Waals surface area contributed by atoms with Crippen molar-refractivity contribution in [3.05, 3.63) is 64.4 Å². The Hall–Kier alpha value is -2.67. The van der Waals surface area contributed by atoms with Crippen LogP contribution in [0.1, 0.15) is 28.3 Å². The molecule has 1 aromatic carbocycles. The van der Waals surface area contributed by atoms with Crippen molar-refractivity contribution in [1.29, 1.82) is 0 Å². The van der Waals surface area contributed by atoms with Crippen LogP contribution < -0.4 is 5.32 Å². The van der Waals surface area contributed by atoms with Gasteiger partial charge in [0.25, 0.3) is 0 Å². The predicted molar refractivity (Wildman–Crippen MR) is 97.8 cm³/mol. The highest BCUT2D eigenvalue weighted by Crippen LogP contribution is 2.33. The Morgan fingerprint density at radius 1 is 1.36 bits per heavy atom. The van der Waals surface area contributed by atoms with E-state index in [1.54, 1.807) is 4.68 Å². The number of amides is 2. The Labute approximate surface area is 150 Å². The third kappa shape index (κ3) is 3.15. The van der Waals surface area contributed by atoms with E-state index in [4.69, 9.17) is 0 Å². The molecule has 3 aromatic rings. The number of carbonyl (C=O) groups is 1. The largest absolute Gasteiger partial charge is 0.323 e. The number of aromatic nitrogens is 3. The Kier molecular flexibility index (Phi) is 4.01. The number of urea groups is 1. The molecule has 128 valence electrons. The molecular formula is C18H19N5OS. The van der Waals surface area contributed by atoms with Crippen LogP contribution in [-0.2, 0) is 13.6 Å². The van der Waals surface area contributed by atoms with Gasteiger partial charge < -0.3 is 4.90 Å². The van der Waals surface area contributed by atoms with Gasteiger partial charge in [0, 0.05) is 37.6 Å². The van der Waals surface area contributed by atoms with E-state index in [1.807, 2.05) is 42.7 Å². The molecule has 4 rings (SSSR count). The molecule has 6 nitrogen and oxygen atoms in total. The average Bonchev–Trinajstić information content (AvgIpc) is 3.22. The molecule has 3 heterocycles. The fraction of sp³-hybridized carbons (Fsp3) is 0.278. The highest BCUT2D eigenvalue weighted by atomic mass is 32.1. The van der Waals surface area contributed by atoms with E-state index in [1.165, 1.54) is 22.5 Å². The molecule has 0 aliphatic carbocycles. The van der Waals surface area contributed by atoms with Gasteiger partial charge in [0.1, 0.15) is 0 Å². The maximum absolute atomic E-state index is 12.7. The van der Waals surface area contributed by atoms with Gasteiger partial charge in [0.2, 0.25) is 0 Å². The predicted octanol–water partition coefficient (Wildman–Crippen LogP) is 3.36. The van der Waals surface area contributed by atoms with Gasteiger partial charge in [-0.1, -0.05) is 24.3 Å². The summed E-state index contributed by atoms with van der Waals surface area (Å²) in [5.74, 6) is 0.127. The molecule has 0 fully saturated rings. The normalized spacial score (nSPS) is 16.6. The lowest BCUT2D eigenvalue weighted by Gasteiger charge is -2.34. The van der Waals surface area contributed by atoms with E-state index in [0.717, 1.165) is 11.3 Å². The average molecular weight is 353 g/mol. The monoisotopic (exact) mass is 353 g/mol. The van der Waals surface area contributed by atoms with E-state index < -0.39 is 0 Å². The molecule has 25 heavy (non-hydrogen) atoms. The Bertz CT molecular complexity index is 916. The summed E-state index contributed by atoms with van der Waals surface area (Å²) in [6, 6.07) is 8.19. The van der Waals surface area contributed by atoms with Gasteiger partial charge in [0.05, 0.1) is 11.9 Å². The molecule has 0 saturated carbocycles. The standard InChI is InChI=1S/C18H19N5OS/c1-12-11-25-17(20-12)21-18(24)23-9-13-5-3-4-6-15(13)16(10-23)14-7-19-22(2)8-14/h3-8,11,16H,9-10H2,1-2H3,(H,20,21,24). The number of hydrogen-bond acceptors (Lipinski definition) is 4. The van der Waals surface area contributed by atoms with Crippen molar-refractivity contribution in [2.45, 2.75) is 19.4 Å². The van der Waals surface area contributed by atoms with Gasteiger partial charge in [-0.25, -0.2) is 9.78 Å². The number of hydrogen-bond donors (Lipinski definition) is 1. The van der Waals surface area contributed by atoms with E-state index in [2.05, 4.69) is 33.6 Å². The molecule has 0 saturated heterocycles. The Morgan fingerprint density at radius 3 is 2.92 bits per heavy atom. The minimum absolute atomic E-state index is 0.113. The smallest absolute Gasteiger partial charge is 0.319 e. The third-order valence-corrected chi connectivity index (χ3v) is 5.32. The molecule has 0 spiro atoms. The van der Waals surface area contributed by atoms with Crippen LogP contribution in [0, 0.1) is 6.92 Å². The van der Waals surface area contributed by atoms with Crippen LogP contribution >= 0.6 is 11.3 Å². The van der Waals surface area contributed by atoms with Crippen LogP contribution in [0.3, 0.4) is 0 Å². The molecule has 0 radical (unpaired) electrons. The van der Waals surface area contributed by atoms with Gasteiger partial charge in [-0.05, 0) is 23.6 Å². The highest BCUT2D eigenvalue weighted by Gasteiger charge is 2.30. The zero-order valence-electron chi connectivity index (χ0n) is 14.1. The van der Waals surface area contributed by atoms with Crippen LogP contribution in [0.25, 0.3) is 0 Å². The number of nitrogens with zero attached hydrogens (tertiary/aromatic N) is 4. The van der Waals surface area contributed by atoms with Gasteiger partial charge in [-0.2, -0.15) is 5.10 Å². The molecule has 1 N–H and O–H groups in total. The zero-order valence-corrected chi connectivity index (χ0v) is 15.0. The summed E-state index contributed by atoms with van der Waals surface area (Å²) >= 11 is 1.44.